The summed E-state index contributed by atoms with van der Waals surface area (Å²) in [5.41, 5.74) is 4.24. The van der Waals surface area contributed by atoms with Crippen LogP contribution in [0.3, 0.4) is 0 Å². The van der Waals surface area contributed by atoms with E-state index in [9.17, 15) is 9.90 Å². The van der Waals surface area contributed by atoms with E-state index in [1.54, 1.807) is 38.5 Å². The molecule has 1 aliphatic carbocycles. The molecule has 0 bridgehead atoms. The van der Waals surface area contributed by atoms with Crippen molar-refractivity contribution >= 4 is 17.6 Å². The van der Waals surface area contributed by atoms with Gasteiger partial charge in [-0.3, -0.25) is 0 Å². The second kappa shape index (κ2) is 7.43. The molecular weight excluding hydrogens is 316 g/mol. The standard InChI is InChI=1S/C21H22O4/c1-24-18-9-10-20(25-2)17(12-18)13-19(21(22)23)16-8-7-14-5-3-4-6-15(14)11-16/h7-13H,3-6H2,1-2H3,(H,22,23)/b19-13-. The van der Waals surface area contributed by atoms with Gasteiger partial charge in [0.25, 0.3) is 0 Å². The van der Waals surface area contributed by atoms with Gasteiger partial charge in [0.2, 0.25) is 0 Å². The van der Waals surface area contributed by atoms with Crippen LogP contribution in [0.1, 0.15) is 35.1 Å². The van der Waals surface area contributed by atoms with Crippen LogP contribution in [0.25, 0.3) is 11.6 Å². The second-order valence-corrected chi connectivity index (χ2v) is 6.16. The maximum absolute atomic E-state index is 11.9. The molecule has 0 heterocycles. The Morgan fingerprint density at radius 3 is 2.44 bits per heavy atom. The Morgan fingerprint density at radius 2 is 1.76 bits per heavy atom. The summed E-state index contributed by atoms with van der Waals surface area (Å²) in [4.78, 5) is 11.9. The number of carbonyl (C=O) groups is 1. The topological polar surface area (TPSA) is 55.8 Å². The van der Waals surface area contributed by atoms with E-state index < -0.39 is 5.97 Å². The Balaban J connectivity index is 2.07. The number of hydrogen-bond donors (Lipinski definition) is 1. The number of hydrogen-bond acceptors (Lipinski definition) is 3. The second-order valence-electron chi connectivity index (χ2n) is 6.16. The molecule has 130 valence electrons. The molecule has 0 saturated heterocycles. The summed E-state index contributed by atoms with van der Waals surface area (Å²) < 4.78 is 10.6. The van der Waals surface area contributed by atoms with Crippen molar-refractivity contribution in [1.82, 2.24) is 0 Å². The molecule has 0 fully saturated rings. The molecule has 0 spiro atoms. The van der Waals surface area contributed by atoms with E-state index in [0.29, 0.717) is 17.1 Å². The van der Waals surface area contributed by atoms with Crippen LogP contribution in [0.15, 0.2) is 36.4 Å². The van der Waals surface area contributed by atoms with E-state index >= 15 is 0 Å². The first-order chi connectivity index (χ1) is 12.1. The number of benzene rings is 2. The minimum Gasteiger partial charge on any atom is -0.497 e. The maximum Gasteiger partial charge on any atom is 0.336 e. The first-order valence-corrected chi connectivity index (χ1v) is 8.41. The van der Waals surface area contributed by atoms with Crippen LogP contribution in [-0.4, -0.2) is 25.3 Å². The SMILES string of the molecule is COc1ccc(OC)c(/C=C(\C(=O)O)c2ccc3c(c2)CCCC3)c1. The third kappa shape index (κ3) is 3.68. The zero-order chi connectivity index (χ0) is 17.8. The average molecular weight is 338 g/mol. The third-order valence-corrected chi connectivity index (χ3v) is 4.63. The smallest absolute Gasteiger partial charge is 0.336 e. The molecule has 0 aromatic heterocycles. The first kappa shape index (κ1) is 17.1. The molecule has 1 N–H and O–H groups in total. The molecule has 2 aromatic carbocycles. The van der Waals surface area contributed by atoms with E-state index in [0.717, 1.165) is 24.8 Å². The molecule has 0 saturated carbocycles. The van der Waals surface area contributed by atoms with Crippen molar-refractivity contribution in [3.05, 3.63) is 58.7 Å². The number of carboxylic acids is 1. The van der Waals surface area contributed by atoms with Crippen molar-refractivity contribution in [1.29, 1.82) is 0 Å². The minimum absolute atomic E-state index is 0.250. The number of rotatable bonds is 5. The number of ether oxygens (including phenoxy) is 2. The van der Waals surface area contributed by atoms with Gasteiger partial charge >= 0.3 is 5.97 Å². The molecule has 4 nitrogen and oxygen atoms in total. The molecule has 3 rings (SSSR count). The highest BCUT2D eigenvalue weighted by Gasteiger charge is 2.16. The number of carboxylic acid groups (broad SMARTS) is 1. The highest BCUT2D eigenvalue weighted by molar-refractivity contribution is 6.20. The summed E-state index contributed by atoms with van der Waals surface area (Å²) in [6.07, 6.45) is 6.10. The molecule has 4 heteroatoms. The highest BCUT2D eigenvalue weighted by atomic mass is 16.5. The van der Waals surface area contributed by atoms with Crippen LogP contribution < -0.4 is 9.47 Å². The van der Waals surface area contributed by atoms with Crippen LogP contribution >= 0.6 is 0 Å². The lowest BCUT2D eigenvalue weighted by Gasteiger charge is -2.17. The summed E-state index contributed by atoms with van der Waals surface area (Å²) in [5.74, 6) is 0.306. The fraction of sp³-hybridized carbons (Fsp3) is 0.286. The van der Waals surface area contributed by atoms with Crippen LogP contribution in [0, 0.1) is 0 Å². The quantitative estimate of drug-likeness (QED) is 0.655. The van der Waals surface area contributed by atoms with Gasteiger partial charge in [0.1, 0.15) is 11.5 Å². The van der Waals surface area contributed by atoms with E-state index in [-0.39, 0.29) is 5.57 Å². The van der Waals surface area contributed by atoms with Crippen LogP contribution in [-0.2, 0) is 17.6 Å². The fourth-order valence-electron chi connectivity index (χ4n) is 3.28. The zero-order valence-corrected chi connectivity index (χ0v) is 14.5. The summed E-state index contributed by atoms with van der Waals surface area (Å²) in [5, 5.41) is 9.74. The van der Waals surface area contributed by atoms with Crippen LogP contribution in [0.4, 0.5) is 0 Å². The van der Waals surface area contributed by atoms with Gasteiger partial charge in [0.15, 0.2) is 0 Å². The lowest BCUT2D eigenvalue weighted by Crippen LogP contribution is -2.05. The number of fused-ring (bicyclic) bond motifs is 1. The van der Waals surface area contributed by atoms with E-state index in [2.05, 4.69) is 6.07 Å². The lowest BCUT2D eigenvalue weighted by atomic mass is 9.88. The van der Waals surface area contributed by atoms with Gasteiger partial charge in [-0.15, -0.1) is 0 Å². The largest absolute Gasteiger partial charge is 0.497 e. The van der Waals surface area contributed by atoms with E-state index in [4.69, 9.17) is 9.47 Å². The van der Waals surface area contributed by atoms with E-state index in [1.807, 2.05) is 12.1 Å². The van der Waals surface area contributed by atoms with E-state index in [1.165, 1.54) is 17.5 Å². The first-order valence-electron chi connectivity index (χ1n) is 8.41. The average Bonchev–Trinajstić information content (AvgIpc) is 2.65. The van der Waals surface area contributed by atoms with Gasteiger partial charge in [-0.1, -0.05) is 18.2 Å². The summed E-state index contributed by atoms with van der Waals surface area (Å²) in [7, 11) is 3.15. The predicted molar refractivity (Wildman–Crippen MR) is 98.1 cm³/mol. The van der Waals surface area contributed by atoms with Crippen molar-refractivity contribution in [3.8, 4) is 11.5 Å². The maximum atomic E-state index is 11.9. The van der Waals surface area contributed by atoms with Gasteiger partial charge in [0, 0.05) is 5.56 Å². The summed E-state index contributed by atoms with van der Waals surface area (Å²) in [6.45, 7) is 0. The van der Waals surface area contributed by atoms with Gasteiger partial charge in [-0.2, -0.15) is 0 Å². The van der Waals surface area contributed by atoms with Crippen molar-refractivity contribution in [3.63, 3.8) is 0 Å². The molecule has 0 atom stereocenters. The van der Waals surface area contributed by atoms with Gasteiger partial charge in [0.05, 0.1) is 19.8 Å². The van der Waals surface area contributed by atoms with Crippen molar-refractivity contribution in [2.45, 2.75) is 25.7 Å². The summed E-state index contributed by atoms with van der Waals surface area (Å²) in [6, 6.07) is 11.3. The molecule has 1 aliphatic rings. The molecule has 0 amide bonds. The van der Waals surface area contributed by atoms with Crippen molar-refractivity contribution < 1.29 is 19.4 Å². The Morgan fingerprint density at radius 1 is 1.00 bits per heavy atom. The monoisotopic (exact) mass is 338 g/mol. The number of methoxy groups -OCH3 is 2. The lowest BCUT2D eigenvalue weighted by molar-refractivity contribution is -0.130. The fourth-order valence-corrected chi connectivity index (χ4v) is 3.28. The Labute approximate surface area is 147 Å². The van der Waals surface area contributed by atoms with Crippen LogP contribution in [0.5, 0.6) is 11.5 Å². The minimum atomic E-state index is -0.958. The number of aryl methyl sites for hydroxylation is 2. The predicted octanol–water partition coefficient (Wildman–Crippen LogP) is 4.21. The number of aliphatic carboxylic acids is 1. The molecule has 0 aliphatic heterocycles. The van der Waals surface area contributed by atoms with Crippen LogP contribution in [0.2, 0.25) is 0 Å². The Kier molecular flexibility index (Phi) is 5.08. The zero-order valence-electron chi connectivity index (χ0n) is 14.5. The van der Waals surface area contributed by atoms with Gasteiger partial charge in [-0.25, -0.2) is 4.79 Å². The molecule has 25 heavy (non-hydrogen) atoms. The molecule has 2 aromatic rings. The highest BCUT2D eigenvalue weighted by Crippen LogP contribution is 2.30. The van der Waals surface area contributed by atoms with Crippen molar-refractivity contribution in [2.24, 2.45) is 0 Å². The molecule has 0 unspecified atom stereocenters. The van der Waals surface area contributed by atoms with Crippen molar-refractivity contribution in [2.75, 3.05) is 14.2 Å². The summed E-state index contributed by atoms with van der Waals surface area (Å²) >= 11 is 0. The van der Waals surface area contributed by atoms with Gasteiger partial charge in [-0.05, 0) is 66.6 Å². The Bertz CT molecular complexity index is 821. The van der Waals surface area contributed by atoms with Gasteiger partial charge < -0.3 is 14.6 Å². The molecule has 0 radical (unpaired) electrons. The molecular formula is C21H22O4. The Hall–Kier alpha value is -2.75. The normalized spacial score (nSPS) is 13.9. The third-order valence-electron chi connectivity index (χ3n) is 4.63.